The second-order valence-corrected chi connectivity index (χ2v) is 7.17. The molecule has 2 rings (SSSR count). The van der Waals surface area contributed by atoms with E-state index in [1.54, 1.807) is 11.3 Å². The molecule has 1 aliphatic rings. The minimum atomic E-state index is 0.276. The van der Waals surface area contributed by atoms with Crippen molar-refractivity contribution in [3.63, 3.8) is 0 Å². The van der Waals surface area contributed by atoms with Gasteiger partial charge in [0.25, 0.3) is 0 Å². The Balaban J connectivity index is 2.66. The van der Waals surface area contributed by atoms with E-state index in [1.165, 1.54) is 23.4 Å². The van der Waals surface area contributed by atoms with Gasteiger partial charge < -0.3 is 4.98 Å². The van der Waals surface area contributed by atoms with Crippen molar-refractivity contribution in [2.75, 3.05) is 0 Å². The van der Waals surface area contributed by atoms with Gasteiger partial charge in [-0.15, -0.1) is 11.3 Å². The molecule has 1 aromatic rings. The standard InChI is InChI=1S/C11H17NS2/c1-10(2)5-6-11(3,4)8-7(10)12-9(13)14-8/h5-6H2,1-4H3,(H,12,13). The molecular weight excluding hydrogens is 210 g/mol. The summed E-state index contributed by atoms with van der Waals surface area (Å²) in [6, 6.07) is 0. The fourth-order valence-corrected chi connectivity index (χ4v) is 3.64. The van der Waals surface area contributed by atoms with Crippen molar-refractivity contribution < 1.29 is 0 Å². The summed E-state index contributed by atoms with van der Waals surface area (Å²) in [5.74, 6) is 0. The van der Waals surface area contributed by atoms with Crippen LogP contribution in [-0.2, 0) is 10.8 Å². The molecule has 1 heterocycles. The maximum atomic E-state index is 5.25. The Kier molecular flexibility index (Phi) is 2.16. The smallest absolute Gasteiger partial charge is 0.158 e. The molecule has 0 aromatic carbocycles. The Labute approximate surface area is 94.6 Å². The molecule has 3 heteroatoms. The van der Waals surface area contributed by atoms with Gasteiger partial charge in [-0.1, -0.05) is 27.7 Å². The summed E-state index contributed by atoms with van der Waals surface area (Å²) in [6.07, 6.45) is 2.51. The lowest BCUT2D eigenvalue weighted by Gasteiger charge is -2.38. The second-order valence-electron chi connectivity index (χ2n) is 5.49. The molecule has 14 heavy (non-hydrogen) atoms. The van der Waals surface area contributed by atoms with Crippen LogP contribution >= 0.6 is 23.6 Å². The van der Waals surface area contributed by atoms with Crippen LogP contribution < -0.4 is 0 Å². The summed E-state index contributed by atoms with van der Waals surface area (Å²) in [5, 5.41) is 0. The first kappa shape index (κ1) is 10.4. The van der Waals surface area contributed by atoms with E-state index in [0.717, 1.165) is 3.95 Å². The van der Waals surface area contributed by atoms with E-state index in [1.807, 2.05) is 0 Å². The Morgan fingerprint density at radius 3 is 2.29 bits per heavy atom. The van der Waals surface area contributed by atoms with Crippen molar-refractivity contribution in [2.24, 2.45) is 0 Å². The van der Waals surface area contributed by atoms with Crippen LogP contribution in [0.25, 0.3) is 0 Å². The van der Waals surface area contributed by atoms with Gasteiger partial charge in [-0.3, -0.25) is 0 Å². The molecular formula is C11H17NS2. The van der Waals surface area contributed by atoms with Crippen LogP contribution in [0.3, 0.4) is 0 Å². The van der Waals surface area contributed by atoms with Crippen LogP contribution in [0.2, 0.25) is 0 Å². The first-order valence-corrected chi connectivity index (χ1v) is 6.29. The average molecular weight is 227 g/mol. The molecule has 0 saturated carbocycles. The summed E-state index contributed by atoms with van der Waals surface area (Å²) in [4.78, 5) is 4.85. The van der Waals surface area contributed by atoms with E-state index < -0.39 is 0 Å². The predicted octanol–water partition coefficient (Wildman–Crippen LogP) is 4.15. The molecule has 0 atom stereocenters. The third kappa shape index (κ3) is 1.47. The summed E-state index contributed by atoms with van der Waals surface area (Å²) >= 11 is 7.01. The Hall–Kier alpha value is -0.150. The molecule has 1 N–H and O–H groups in total. The predicted molar refractivity (Wildman–Crippen MR) is 64.8 cm³/mol. The van der Waals surface area contributed by atoms with Crippen LogP contribution in [0.15, 0.2) is 0 Å². The molecule has 0 spiro atoms. The number of rotatable bonds is 0. The molecule has 0 unspecified atom stereocenters. The Bertz CT molecular complexity index is 373. The van der Waals surface area contributed by atoms with Crippen LogP contribution in [0.4, 0.5) is 0 Å². The van der Waals surface area contributed by atoms with Crippen molar-refractivity contribution in [3.05, 3.63) is 14.5 Å². The third-order valence-electron chi connectivity index (χ3n) is 3.32. The molecule has 0 saturated heterocycles. The van der Waals surface area contributed by atoms with E-state index in [2.05, 4.69) is 32.7 Å². The molecule has 0 fully saturated rings. The van der Waals surface area contributed by atoms with Gasteiger partial charge in [0.15, 0.2) is 3.95 Å². The zero-order chi connectivity index (χ0) is 10.6. The SMILES string of the molecule is CC1(C)CCC(C)(C)c2sc(=S)[nH]c21. The fraction of sp³-hybridized carbons (Fsp3) is 0.727. The van der Waals surface area contributed by atoms with E-state index in [9.17, 15) is 0 Å². The van der Waals surface area contributed by atoms with E-state index in [-0.39, 0.29) is 5.41 Å². The summed E-state index contributed by atoms with van der Waals surface area (Å²) in [5.41, 5.74) is 1.96. The van der Waals surface area contributed by atoms with Crippen molar-refractivity contribution in [2.45, 2.75) is 51.4 Å². The van der Waals surface area contributed by atoms with Crippen molar-refractivity contribution >= 4 is 23.6 Å². The summed E-state index contributed by atoms with van der Waals surface area (Å²) < 4.78 is 0.929. The zero-order valence-electron chi connectivity index (χ0n) is 9.23. The fourth-order valence-electron chi connectivity index (χ4n) is 2.14. The van der Waals surface area contributed by atoms with E-state index >= 15 is 0 Å². The van der Waals surface area contributed by atoms with Crippen LogP contribution in [0, 0.1) is 3.95 Å². The van der Waals surface area contributed by atoms with Crippen LogP contribution in [0.5, 0.6) is 0 Å². The normalized spacial score (nSPS) is 23.1. The number of aromatic nitrogens is 1. The lowest BCUT2D eigenvalue weighted by molar-refractivity contribution is 0.331. The molecule has 1 nitrogen and oxygen atoms in total. The van der Waals surface area contributed by atoms with Crippen molar-refractivity contribution in [1.82, 2.24) is 4.98 Å². The first-order chi connectivity index (χ1) is 6.33. The number of hydrogen-bond acceptors (Lipinski definition) is 2. The highest BCUT2D eigenvalue weighted by atomic mass is 32.1. The Morgan fingerprint density at radius 2 is 1.71 bits per heavy atom. The maximum Gasteiger partial charge on any atom is 0.158 e. The van der Waals surface area contributed by atoms with Gasteiger partial charge >= 0.3 is 0 Å². The molecule has 1 aromatic heterocycles. The molecule has 0 bridgehead atoms. The largest absolute Gasteiger partial charge is 0.340 e. The number of fused-ring (bicyclic) bond motifs is 1. The number of nitrogens with one attached hydrogen (secondary N) is 1. The van der Waals surface area contributed by atoms with Gasteiger partial charge in [-0.25, -0.2) is 0 Å². The topological polar surface area (TPSA) is 15.8 Å². The molecule has 0 aliphatic heterocycles. The number of thiazole rings is 1. The third-order valence-corrected chi connectivity index (χ3v) is 4.92. The molecule has 78 valence electrons. The molecule has 0 amide bonds. The highest BCUT2D eigenvalue weighted by molar-refractivity contribution is 7.73. The quantitative estimate of drug-likeness (QED) is 0.658. The second kappa shape index (κ2) is 2.92. The van der Waals surface area contributed by atoms with Gasteiger partial charge in [0, 0.05) is 21.4 Å². The van der Waals surface area contributed by atoms with Gasteiger partial charge in [0.2, 0.25) is 0 Å². The maximum absolute atomic E-state index is 5.25. The lowest BCUT2D eigenvalue weighted by Crippen LogP contribution is -2.32. The monoisotopic (exact) mass is 227 g/mol. The first-order valence-electron chi connectivity index (χ1n) is 5.07. The highest BCUT2D eigenvalue weighted by Crippen LogP contribution is 2.47. The number of H-pyrrole nitrogens is 1. The van der Waals surface area contributed by atoms with Crippen LogP contribution in [0.1, 0.15) is 51.1 Å². The van der Waals surface area contributed by atoms with Gasteiger partial charge in [0.05, 0.1) is 0 Å². The van der Waals surface area contributed by atoms with E-state index in [4.69, 9.17) is 12.2 Å². The minimum absolute atomic E-state index is 0.276. The lowest BCUT2D eigenvalue weighted by atomic mass is 9.69. The van der Waals surface area contributed by atoms with Gasteiger partial charge in [-0.05, 0) is 25.1 Å². The van der Waals surface area contributed by atoms with Crippen molar-refractivity contribution in [3.8, 4) is 0 Å². The Morgan fingerprint density at radius 1 is 1.14 bits per heavy atom. The van der Waals surface area contributed by atoms with Gasteiger partial charge in [0.1, 0.15) is 0 Å². The molecule has 0 radical (unpaired) electrons. The van der Waals surface area contributed by atoms with Crippen LogP contribution in [-0.4, -0.2) is 4.98 Å². The van der Waals surface area contributed by atoms with Crippen molar-refractivity contribution in [1.29, 1.82) is 0 Å². The van der Waals surface area contributed by atoms with Gasteiger partial charge in [-0.2, -0.15) is 0 Å². The highest BCUT2D eigenvalue weighted by Gasteiger charge is 2.38. The summed E-state index contributed by atoms with van der Waals surface area (Å²) in [6.45, 7) is 9.25. The average Bonchev–Trinajstić information content (AvgIpc) is 2.44. The summed E-state index contributed by atoms with van der Waals surface area (Å²) in [7, 11) is 0. The number of hydrogen-bond donors (Lipinski definition) is 1. The van der Waals surface area contributed by atoms with E-state index in [0.29, 0.717) is 5.41 Å². The number of aromatic amines is 1. The zero-order valence-corrected chi connectivity index (χ0v) is 10.9. The minimum Gasteiger partial charge on any atom is -0.340 e. The molecule has 1 aliphatic carbocycles.